The van der Waals surface area contributed by atoms with E-state index in [1.807, 2.05) is 27.7 Å². The molecule has 0 saturated heterocycles. The first-order valence-electron chi connectivity index (χ1n) is 12.6. The van der Waals surface area contributed by atoms with Crippen LogP contribution in [-0.4, -0.2) is 56.6 Å². The lowest BCUT2D eigenvalue weighted by Gasteiger charge is -2.32. The Bertz CT molecular complexity index is 1210. The largest absolute Gasteiger partial charge is 0.492 e. The number of para-hydroxylation sites is 2. The van der Waals surface area contributed by atoms with Gasteiger partial charge in [0.2, 0.25) is 21.8 Å². The molecule has 38 heavy (non-hydrogen) atoms. The smallest absolute Gasteiger partial charge is 0.243 e. The van der Waals surface area contributed by atoms with Crippen molar-refractivity contribution in [2.45, 2.75) is 65.6 Å². The Kier molecular flexibility index (Phi) is 12.2. The molecule has 11 heteroatoms. The highest BCUT2D eigenvalue weighted by atomic mass is 35.5. The second-order valence-corrected chi connectivity index (χ2v) is 11.9. The third-order valence-corrected chi connectivity index (χ3v) is 7.53. The van der Waals surface area contributed by atoms with E-state index in [2.05, 4.69) is 5.32 Å². The molecule has 2 rings (SSSR count). The van der Waals surface area contributed by atoms with Crippen LogP contribution in [0.5, 0.6) is 5.75 Å². The summed E-state index contributed by atoms with van der Waals surface area (Å²) < 4.78 is 32.2. The Labute approximate surface area is 236 Å². The van der Waals surface area contributed by atoms with Crippen molar-refractivity contribution in [2.24, 2.45) is 0 Å². The zero-order valence-electron chi connectivity index (χ0n) is 22.5. The molecule has 0 aliphatic heterocycles. The fraction of sp³-hybridized carbons (Fsp3) is 0.481. The standard InChI is InChI=1S/C27H37Cl2N3O5S/c1-6-23(27(34)30-19(3)4)31(18-20-14-15-21(28)17-22(20)29)26(33)13-10-16-32(38(5,35)36)24-11-8-9-12-25(24)37-7-2/h8-9,11-12,14-15,17,19,23H,6-7,10,13,16,18H2,1-5H3,(H,30,34). The fourth-order valence-corrected chi connectivity index (χ4v) is 5.49. The van der Waals surface area contributed by atoms with Crippen molar-refractivity contribution in [3.63, 3.8) is 0 Å². The Hall–Kier alpha value is -2.49. The van der Waals surface area contributed by atoms with Gasteiger partial charge in [-0.2, -0.15) is 0 Å². The first kappa shape index (κ1) is 31.7. The van der Waals surface area contributed by atoms with Crippen LogP contribution in [0.1, 0.15) is 52.5 Å². The Morgan fingerprint density at radius 3 is 2.34 bits per heavy atom. The third kappa shape index (κ3) is 9.06. The zero-order chi connectivity index (χ0) is 28.5. The minimum absolute atomic E-state index is 0.0273. The molecule has 8 nitrogen and oxygen atoms in total. The van der Waals surface area contributed by atoms with Crippen molar-refractivity contribution in [2.75, 3.05) is 23.7 Å². The van der Waals surface area contributed by atoms with Crippen LogP contribution in [0, 0.1) is 0 Å². The molecular formula is C27H37Cl2N3O5S. The Morgan fingerprint density at radius 2 is 1.76 bits per heavy atom. The first-order chi connectivity index (χ1) is 17.9. The normalized spacial score (nSPS) is 12.2. The number of carbonyl (C=O) groups is 2. The van der Waals surface area contributed by atoms with Gasteiger partial charge in [-0.1, -0.05) is 48.3 Å². The lowest BCUT2D eigenvalue weighted by Crippen LogP contribution is -2.50. The molecule has 1 N–H and O–H groups in total. The van der Waals surface area contributed by atoms with Crippen molar-refractivity contribution in [3.05, 3.63) is 58.1 Å². The van der Waals surface area contributed by atoms with Crippen molar-refractivity contribution in [3.8, 4) is 5.75 Å². The van der Waals surface area contributed by atoms with Gasteiger partial charge in [-0.05, 0) is 63.4 Å². The average molecular weight is 587 g/mol. The quantitative estimate of drug-likeness (QED) is 0.326. The van der Waals surface area contributed by atoms with Gasteiger partial charge in [0.1, 0.15) is 11.8 Å². The summed E-state index contributed by atoms with van der Waals surface area (Å²) in [6.07, 6.45) is 1.78. The number of sulfonamides is 1. The van der Waals surface area contributed by atoms with Gasteiger partial charge >= 0.3 is 0 Å². The predicted octanol–water partition coefficient (Wildman–Crippen LogP) is 5.27. The van der Waals surface area contributed by atoms with Crippen molar-refractivity contribution in [1.29, 1.82) is 0 Å². The number of nitrogens with zero attached hydrogens (tertiary/aromatic N) is 2. The molecule has 1 atom stereocenters. The number of ether oxygens (including phenoxy) is 1. The summed E-state index contributed by atoms with van der Waals surface area (Å²) in [5.41, 5.74) is 1.07. The maximum atomic E-state index is 13.5. The van der Waals surface area contributed by atoms with Gasteiger partial charge in [0.15, 0.2) is 0 Å². The SMILES string of the molecule is CCOc1ccccc1N(CCCC(=O)N(Cc1ccc(Cl)cc1Cl)C(CC)C(=O)NC(C)C)S(C)(=O)=O. The minimum atomic E-state index is -3.65. The number of rotatable bonds is 14. The van der Waals surface area contributed by atoms with Crippen molar-refractivity contribution >= 4 is 50.7 Å². The average Bonchev–Trinajstić information content (AvgIpc) is 2.82. The van der Waals surface area contributed by atoms with Crippen LogP contribution < -0.4 is 14.4 Å². The summed E-state index contributed by atoms with van der Waals surface area (Å²) in [5, 5.41) is 3.74. The molecule has 0 aliphatic carbocycles. The third-order valence-electron chi connectivity index (χ3n) is 5.76. The van der Waals surface area contributed by atoms with Crippen molar-refractivity contribution < 1.29 is 22.7 Å². The molecule has 0 radical (unpaired) electrons. The van der Waals surface area contributed by atoms with E-state index in [9.17, 15) is 18.0 Å². The van der Waals surface area contributed by atoms with Crippen LogP contribution in [0.2, 0.25) is 10.0 Å². The molecule has 1 unspecified atom stereocenters. The van der Waals surface area contributed by atoms with E-state index in [0.717, 1.165) is 6.26 Å². The number of nitrogens with one attached hydrogen (secondary N) is 1. The molecule has 2 amide bonds. The molecule has 2 aromatic carbocycles. The lowest BCUT2D eigenvalue weighted by atomic mass is 10.1. The number of halogens is 2. The van der Waals surface area contributed by atoms with Crippen LogP contribution in [0.4, 0.5) is 5.69 Å². The molecule has 0 heterocycles. The molecule has 0 spiro atoms. The summed E-state index contributed by atoms with van der Waals surface area (Å²) in [6.45, 7) is 7.93. The van der Waals surface area contributed by atoms with E-state index in [1.54, 1.807) is 42.5 Å². The number of hydrogen-bond acceptors (Lipinski definition) is 5. The van der Waals surface area contributed by atoms with E-state index in [4.69, 9.17) is 27.9 Å². The number of carbonyl (C=O) groups excluding carboxylic acids is 2. The molecule has 210 valence electrons. The van der Waals surface area contributed by atoms with E-state index >= 15 is 0 Å². The van der Waals surface area contributed by atoms with Crippen LogP contribution >= 0.6 is 23.2 Å². The fourth-order valence-electron chi connectivity index (χ4n) is 4.06. The maximum Gasteiger partial charge on any atom is 0.243 e. The molecule has 0 aromatic heterocycles. The van der Waals surface area contributed by atoms with E-state index in [-0.39, 0.29) is 43.8 Å². The summed E-state index contributed by atoms with van der Waals surface area (Å²) in [6, 6.07) is 11.1. The topological polar surface area (TPSA) is 96.0 Å². The van der Waals surface area contributed by atoms with Gasteiger partial charge in [0, 0.05) is 35.6 Å². The molecule has 0 bridgehead atoms. The molecule has 2 aromatic rings. The van der Waals surface area contributed by atoms with E-state index < -0.39 is 16.1 Å². The van der Waals surface area contributed by atoms with E-state index in [0.29, 0.717) is 40.1 Å². The monoisotopic (exact) mass is 585 g/mol. The summed E-state index contributed by atoms with van der Waals surface area (Å²) in [5.74, 6) is -0.0974. The van der Waals surface area contributed by atoms with Gasteiger partial charge in [0.05, 0.1) is 18.6 Å². The summed E-state index contributed by atoms with van der Waals surface area (Å²) in [4.78, 5) is 28.0. The van der Waals surface area contributed by atoms with Gasteiger partial charge in [-0.3, -0.25) is 13.9 Å². The number of anilines is 1. The first-order valence-corrected chi connectivity index (χ1v) is 15.2. The van der Waals surface area contributed by atoms with E-state index in [1.165, 1.54) is 9.21 Å². The van der Waals surface area contributed by atoms with Crippen LogP contribution in [-0.2, 0) is 26.2 Å². The van der Waals surface area contributed by atoms with Gasteiger partial charge < -0.3 is 15.0 Å². The van der Waals surface area contributed by atoms with Gasteiger partial charge in [-0.15, -0.1) is 0 Å². The Morgan fingerprint density at radius 1 is 1.08 bits per heavy atom. The summed E-state index contributed by atoms with van der Waals surface area (Å²) >= 11 is 12.4. The molecule has 0 aliphatic rings. The van der Waals surface area contributed by atoms with Crippen LogP contribution in [0.15, 0.2) is 42.5 Å². The Balaban J connectivity index is 2.29. The number of hydrogen-bond donors (Lipinski definition) is 1. The second kappa shape index (κ2) is 14.6. The number of benzene rings is 2. The maximum absolute atomic E-state index is 13.5. The minimum Gasteiger partial charge on any atom is -0.492 e. The van der Waals surface area contributed by atoms with Gasteiger partial charge in [0.25, 0.3) is 0 Å². The number of amides is 2. The van der Waals surface area contributed by atoms with Crippen LogP contribution in [0.3, 0.4) is 0 Å². The predicted molar refractivity (Wildman–Crippen MR) is 153 cm³/mol. The molecular weight excluding hydrogens is 549 g/mol. The highest BCUT2D eigenvalue weighted by molar-refractivity contribution is 7.92. The van der Waals surface area contributed by atoms with Crippen molar-refractivity contribution in [1.82, 2.24) is 10.2 Å². The second-order valence-electron chi connectivity index (χ2n) is 9.18. The van der Waals surface area contributed by atoms with Crippen LogP contribution in [0.25, 0.3) is 0 Å². The summed E-state index contributed by atoms with van der Waals surface area (Å²) in [7, 11) is -3.65. The molecule has 0 fully saturated rings. The highest BCUT2D eigenvalue weighted by Crippen LogP contribution is 2.30. The van der Waals surface area contributed by atoms with Gasteiger partial charge in [-0.25, -0.2) is 8.42 Å². The lowest BCUT2D eigenvalue weighted by molar-refractivity contribution is -0.141. The molecule has 0 saturated carbocycles. The highest BCUT2D eigenvalue weighted by Gasteiger charge is 2.30. The zero-order valence-corrected chi connectivity index (χ0v) is 24.9.